The second-order valence-electron chi connectivity index (χ2n) is 7.71. The van der Waals surface area contributed by atoms with Gasteiger partial charge in [0.2, 0.25) is 0 Å². The van der Waals surface area contributed by atoms with E-state index in [1.165, 1.54) is 12.1 Å². The SMILES string of the molecule is CC(C)(C)C1CCC(CO)(Cc2ccc(F)cc2F)CC1. The lowest BCUT2D eigenvalue weighted by atomic mass is 9.62. The number of rotatable bonds is 3. The fraction of sp³-hybridized carbons (Fsp3) is 0.667. The first kappa shape index (κ1) is 16.4. The topological polar surface area (TPSA) is 20.2 Å². The number of benzene rings is 1. The molecule has 1 aliphatic rings. The molecule has 1 aromatic rings. The van der Waals surface area contributed by atoms with Gasteiger partial charge < -0.3 is 5.11 Å². The number of aliphatic hydroxyl groups excluding tert-OH is 1. The number of hydrogen-bond donors (Lipinski definition) is 1. The maximum absolute atomic E-state index is 13.9. The van der Waals surface area contributed by atoms with Crippen molar-refractivity contribution in [1.29, 1.82) is 0 Å². The zero-order chi connectivity index (χ0) is 15.7. The highest BCUT2D eigenvalue weighted by Crippen LogP contribution is 2.46. The molecule has 0 aliphatic heterocycles. The molecule has 0 radical (unpaired) electrons. The average Bonchev–Trinajstić information content (AvgIpc) is 2.41. The average molecular weight is 296 g/mol. The summed E-state index contributed by atoms with van der Waals surface area (Å²) in [6.07, 6.45) is 4.43. The van der Waals surface area contributed by atoms with E-state index in [0.717, 1.165) is 31.7 Å². The molecule has 0 saturated heterocycles. The van der Waals surface area contributed by atoms with Gasteiger partial charge in [-0.2, -0.15) is 0 Å². The predicted octanol–water partition coefficient (Wildman–Crippen LogP) is 4.72. The Morgan fingerprint density at radius 2 is 1.81 bits per heavy atom. The minimum absolute atomic E-state index is 0.0701. The molecular weight excluding hydrogens is 270 g/mol. The molecule has 1 aromatic carbocycles. The summed E-state index contributed by atoms with van der Waals surface area (Å²) in [6, 6.07) is 3.74. The Bertz CT molecular complexity index is 482. The standard InChI is InChI=1S/C18H26F2O/c1-17(2,3)14-6-8-18(12-21,9-7-14)11-13-4-5-15(19)10-16(13)20/h4-5,10,14,21H,6-9,11-12H2,1-3H3. The van der Waals surface area contributed by atoms with E-state index in [0.29, 0.717) is 17.9 Å². The molecule has 118 valence electrons. The normalized spacial score (nSPS) is 26.9. The van der Waals surface area contributed by atoms with Crippen LogP contribution in [-0.4, -0.2) is 11.7 Å². The van der Waals surface area contributed by atoms with Crippen LogP contribution in [0.5, 0.6) is 0 Å². The Hall–Kier alpha value is -0.960. The third-order valence-corrected chi connectivity index (χ3v) is 5.19. The molecule has 1 aliphatic carbocycles. The minimum atomic E-state index is -0.550. The van der Waals surface area contributed by atoms with Crippen LogP contribution in [0.4, 0.5) is 8.78 Å². The summed E-state index contributed by atoms with van der Waals surface area (Å²) in [5.41, 5.74) is 0.544. The summed E-state index contributed by atoms with van der Waals surface area (Å²) in [5, 5.41) is 9.84. The molecule has 1 fully saturated rings. The lowest BCUT2D eigenvalue weighted by Crippen LogP contribution is -2.36. The van der Waals surface area contributed by atoms with Gasteiger partial charge in [-0.05, 0) is 60.5 Å². The second-order valence-corrected chi connectivity index (χ2v) is 7.71. The van der Waals surface area contributed by atoms with Crippen LogP contribution in [0.1, 0.15) is 52.0 Å². The summed E-state index contributed by atoms with van der Waals surface area (Å²) < 4.78 is 26.9. The summed E-state index contributed by atoms with van der Waals surface area (Å²) in [5.74, 6) is -0.401. The first-order chi connectivity index (χ1) is 9.76. The molecule has 0 bridgehead atoms. The van der Waals surface area contributed by atoms with Crippen LogP contribution in [0.15, 0.2) is 18.2 Å². The van der Waals surface area contributed by atoms with Crippen LogP contribution in [-0.2, 0) is 6.42 Å². The molecule has 1 nitrogen and oxygen atoms in total. The maximum atomic E-state index is 13.9. The van der Waals surface area contributed by atoms with Gasteiger partial charge in [0, 0.05) is 12.7 Å². The van der Waals surface area contributed by atoms with E-state index in [4.69, 9.17) is 0 Å². The van der Waals surface area contributed by atoms with E-state index in [-0.39, 0.29) is 17.4 Å². The monoisotopic (exact) mass is 296 g/mol. The van der Waals surface area contributed by atoms with Gasteiger partial charge in [-0.25, -0.2) is 8.78 Å². The largest absolute Gasteiger partial charge is 0.396 e. The van der Waals surface area contributed by atoms with E-state index in [1.807, 2.05) is 0 Å². The van der Waals surface area contributed by atoms with E-state index >= 15 is 0 Å². The maximum Gasteiger partial charge on any atom is 0.129 e. The van der Waals surface area contributed by atoms with Gasteiger partial charge in [-0.15, -0.1) is 0 Å². The highest BCUT2D eigenvalue weighted by molar-refractivity contribution is 5.20. The lowest BCUT2D eigenvalue weighted by molar-refractivity contribution is 0.0363. The van der Waals surface area contributed by atoms with Gasteiger partial charge in [0.15, 0.2) is 0 Å². The van der Waals surface area contributed by atoms with Crippen molar-refractivity contribution >= 4 is 0 Å². The van der Waals surface area contributed by atoms with E-state index in [9.17, 15) is 13.9 Å². The molecule has 0 atom stereocenters. The Kier molecular flexibility index (Phi) is 4.72. The molecule has 0 unspecified atom stereocenters. The van der Waals surface area contributed by atoms with Crippen LogP contribution >= 0.6 is 0 Å². The molecular formula is C18H26F2O. The molecule has 1 N–H and O–H groups in total. The zero-order valence-electron chi connectivity index (χ0n) is 13.3. The van der Waals surface area contributed by atoms with Crippen molar-refractivity contribution in [3.05, 3.63) is 35.4 Å². The predicted molar refractivity (Wildman–Crippen MR) is 81.0 cm³/mol. The van der Waals surface area contributed by atoms with Crippen LogP contribution in [0.2, 0.25) is 0 Å². The van der Waals surface area contributed by atoms with Crippen molar-refractivity contribution in [2.24, 2.45) is 16.7 Å². The number of halogens is 2. The molecule has 0 spiro atoms. The van der Waals surface area contributed by atoms with Crippen molar-refractivity contribution in [3.63, 3.8) is 0 Å². The van der Waals surface area contributed by atoms with Crippen molar-refractivity contribution in [3.8, 4) is 0 Å². The summed E-state index contributed by atoms with van der Waals surface area (Å²) in [6.45, 7) is 6.83. The van der Waals surface area contributed by atoms with E-state index in [2.05, 4.69) is 20.8 Å². The third kappa shape index (κ3) is 3.82. The first-order valence-corrected chi connectivity index (χ1v) is 7.81. The molecule has 1 saturated carbocycles. The highest BCUT2D eigenvalue weighted by atomic mass is 19.1. The van der Waals surface area contributed by atoms with Gasteiger partial charge >= 0.3 is 0 Å². The summed E-state index contributed by atoms with van der Waals surface area (Å²) in [7, 11) is 0. The Morgan fingerprint density at radius 1 is 1.19 bits per heavy atom. The van der Waals surface area contributed by atoms with Gasteiger partial charge in [0.25, 0.3) is 0 Å². The summed E-state index contributed by atoms with van der Waals surface area (Å²) in [4.78, 5) is 0. The van der Waals surface area contributed by atoms with Crippen molar-refractivity contribution < 1.29 is 13.9 Å². The third-order valence-electron chi connectivity index (χ3n) is 5.19. The number of aliphatic hydroxyl groups is 1. The second kappa shape index (κ2) is 6.04. The van der Waals surface area contributed by atoms with Crippen LogP contribution in [0.3, 0.4) is 0 Å². The van der Waals surface area contributed by atoms with Crippen molar-refractivity contribution in [1.82, 2.24) is 0 Å². The first-order valence-electron chi connectivity index (χ1n) is 7.81. The van der Waals surface area contributed by atoms with E-state index < -0.39 is 11.6 Å². The van der Waals surface area contributed by atoms with Gasteiger partial charge in [0.05, 0.1) is 0 Å². The lowest BCUT2D eigenvalue weighted by Gasteiger charge is -2.43. The molecule has 0 heterocycles. The quantitative estimate of drug-likeness (QED) is 0.855. The van der Waals surface area contributed by atoms with Crippen molar-refractivity contribution in [2.75, 3.05) is 6.61 Å². The Morgan fingerprint density at radius 3 is 2.29 bits per heavy atom. The fourth-order valence-corrected chi connectivity index (χ4v) is 3.56. The van der Waals surface area contributed by atoms with Gasteiger partial charge in [-0.1, -0.05) is 26.8 Å². The molecule has 0 aromatic heterocycles. The number of hydrogen-bond acceptors (Lipinski definition) is 1. The van der Waals surface area contributed by atoms with Gasteiger partial charge in [0.1, 0.15) is 11.6 Å². The Labute approximate surface area is 126 Å². The summed E-state index contributed by atoms with van der Waals surface area (Å²) >= 11 is 0. The Balaban J connectivity index is 2.10. The van der Waals surface area contributed by atoms with E-state index in [1.54, 1.807) is 0 Å². The van der Waals surface area contributed by atoms with Crippen LogP contribution in [0.25, 0.3) is 0 Å². The fourth-order valence-electron chi connectivity index (χ4n) is 3.56. The smallest absolute Gasteiger partial charge is 0.129 e. The highest BCUT2D eigenvalue weighted by Gasteiger charge is 2.38. The van der Waals surface area contributed by atoms with Crippen LogP contribution in [0, 0.1) is 28.4 Å². The van der Waals surface area contributed by atoms with Crippen molar-refractivity contribution in [2.45, 2.75) is 52.9 Å². The van der Waals surface area contributed by atoms with Crippen LogP contribution < -0.4 is 0 Å². The minimum Gasteiger partial charge on any atom is -0.396 e. The zero-order valence-corrected chi connectivity index (χ0v) is 13.3. The molecule has 21 heavy (non-hydrogen) atoms. The molecule has 3 heteroatoms. The van der Waals surface area contributed by atoms with Gasteiger partial charge in [-0.3, -0.25) is 0 Å². The molecule has 0 amide bonds. The molecule has 2 rings (SSSR count).